The lowest BCUT2D eigenvalue weighted by atomic mass is 9.75. The zero-order valence-electron chi connectivity index (χ0n) is 22.0. The van der Waals surface area contributed by atoms with Crippen LogP contribution in [0.3, 0.4) is 0 Å². The molecule has 2 aliphatic heterocycles. The molecule has 0 aromatic carbocycles. The normalized spacial score (nSPS) is 24.7. The Bertz CT molecular complexity index is 744. The minimum Gasteiger partial charge on any atom is -0.307 e. The monoisotopic (exact) mass is 439 g/mol. The van der Waals surface area contributed by atoms with E-state index in [4.69, 9.17) is 9.98 Å². The van der Waals surface area contributed by atoms with E-state index in [9.17, 15) is 0 Å². The van der Waals surface area contributed by atoms with Crippen LogP contribution in [0.2, 0.25) is 0 Å². The van der Waals surface area contributed by atoms with E-state index in [1.807, 2.05) is 6.20 Å². The summed E-state index contributed by atoms with van der Waals surface area (Å²) < 4.78 is 0. The third-order valence-electron chi connectivity index (χ3n) is 8.09. The van der Waals surface area contributed by atoms with Gasteiger partial charge in [-0.15, -0.1) is 0 Å². The van der Waals surface area contributed by atoms with Crippen molar-refractivity contribution in [2.75, 3.05) is 0 Å². The van der Waals surface area contributed by atoms with Crippen LogP contribution >= 0.6 is 0 Å². The summed E-state index contributed by atoms with van der Waals surface area (Å²) in [6.45, 7) is 16.4. The highest BCUT2D eigenvalue weighted by Gasteiger charge is 2.35. The Morgan fingerprint density at radius 1 is 1.00 bits per heavy atom. The van der Waals surface area contributed by atoms with Crippen molar-refractivity contribution in [3.63, 3.8) is 0 Å². The van der Waals surface area contributed by atoms with Crippen LogP contribution in [0.4, 0.5) is 0 Å². The second-order valence-corrected chi connectivity index (χ2v) is 11.9. The number of hydrogen-bond donors (Lipinski definition) is 1. The summed E-state index contributed by atoms with van der Waals surface area (Å²) in [5.41, 5.74) is 4.36. The predicted octanol–water partition coefficient (Wildman–Crippen LogP) is 7.67. The number of nitrogens with zero attached hydrogens (tertiary/aromatic N) is 2. The van der Waals surface area contributed by atoms with Crippen molar-refractivity contribution in [2.45, 2.75) is 130 Å². The topological polar surface area (TPSA) is 36.8 Å². The molecule has 1 aliphatic carbocycles. The Morgan fingerprint density at radius 3 is 2.28 bits per heavy atom. The van der Waals surface area contributed by atoms with Gasteiger partial charge in [-0.1, -0.05) is 52.9 Å². The molecule has 180 valence electrons. The summed E-state index contributed by atoms with van der Waals surface area (Å²) >= 11 is 0. The van der Waals surface area contributed by atoms with Gasteiger partial charge < -0.3 is 5.32 Å². The van der Waals surface area contributed by atoms with Crippen LogP contribution in [0.1, 0.15) is 113 Å². The molecule has 3 rings (SSSR count). The van der Waals surface area contributed by atoms with Gasteiger partial charge in [0.05, 0.1) is 5.71 Å². The largest absolute Gasteiger partial charge is 0.307 e. The van der Waals surface area contributed by atoms with Crippen LogP contribution in [0, 0.1) is 17.8 Å². The van der Waals surface area contributed by atoms with Crippen molar-refractivity contribution in [3.8, 4) is 0 Å². The first kappa shape index (κ1) is 25.4. The summed E-state index contributed by atoms with van der Waals surface area (Å²) in [6.07, 6.45) is 19.7. The first-order chi connectivity index (χ1) is 15.2. The van der Waals surface area contributed by atoms with Crippen molar-refractivity contribution in [2.24, 2.45) is 27.7 Å². The molecule has 0 aromatic rings. The Kier molecular flexibility index (Phi) is 8.58. The molecular weight excluding hydrogens is 390 g/mol. The predicted molar refractivity (Wildman–Crippen MR) is 141 cm³/mol. The quantitative estimate of drug-likeness (QED) is 0.393. The number of nitrogens with one attached hydrogen (secondary N) is 1. The molecule has 0 aromatic heterocycles. The summed E-state index contributed by atoms with van der Waals surface area (Å²) in [5, 5.41) is 3.92. The highest BCUT2D eigenvalue weighted by atomic mass is 15.0. The van der Waals surface area contributed by atoms with E-state index in [0.29, 0.717) is 17.8 Å². The molecule has 3 aliphatic rings. The maximum atomic E-state index is 5.25. The van der Waals surface area contributed by atoms with Crippen LogP contribution in [-0.2, 0) is 0 Å². The number of hydrogen-bond acceptors (Lipinski definition) is 3. The Balaban J connectivity index is 1.81. The summed E-state index contributed by atoms with van der Waals surface area (Å²) in [6, 6.07) is 0.154. The molecule has 2 heterocycles. The minimum atomic E-state index is 0.105. The zero-order valence-corrected chi connectivity index (χ0v) is 22.0. The van der Waals surface area contributed by atoms with Gasteiger partial charge in [-0.25, -0.2) is 0 Å². The lowest BCUT2D eigenvalue weighted by molar-refractivity contribution is 0.208. The van der Waals surface area contributed by atoms with Crippen LogP contribution in [-0.4, -0.2) is 28.5 Å². The molecule has 3 heteroatoms. The second kappa shape index (κ2) is 10.8. The number of dihydropyridines is 1. The van der Waals surface area contributed by atoms with Crippen LogP contribution < -0.4 is 5.32 Å². The summed E-state index contributed by atoms with van der Waals surface area (Å²) in [5.74, 6) is 1.74. The molecule has 1 fully saturated rings. The molecular formula is C29H49N3. The maximum Gasteiger partial charge on any atom is 0.112 e. The fraction of sp³-hybridized carbons (Fsp3) is 0.793. The van der Waals surface area contributed by atoms with Gasteiger partial charge >= 0.3 is 0 Å². The number of fused-ring (bicyclic) bond motifs is 1. The van der Waals surface area contributed by atoms with E-state index in [0.717, 1.165) is 19.3 Å². The molecule has 3 unspecified atom stereocenters. The fourth-order valence-electron chi connectivity index (χ4n) is 6.36. The van der Waals surface area contributed by atoms with Crippen molar-refractivity contribution in [3.05, 3.63) is 23.9 Å². The molecule has 0 radical (unpaired) electrons. The van der Waals surface area contributed by atoms with Crippen molar-refractivity contribution in [1.82, 2.24) is 5.32 Å². The number of rotatable bonds is 9. The fourth-order valence-corrected chi connectivity index (χ4v) is 6.36. The van der Waals surface area contributed by atoms with Gasteiger partial charge in [0.15, 0.2) is 0 Å². The molecule has 0 bridgehead atoms. The Hall–Kier alpha value is -1.22. The molecule has 0 saturated heterocycles. The molecule has 0 spiro atoms. The summed E-state index contributed by atoms with van der Waals surface area (Å²) in [4.78, 5) is 10.0. The van der Waals surface area contributed by atoms with E-state index in [1.165, 1.54) is 61.9 Å². The SMILES string of the molecule is CCC(C1=NC2C=CN=C2C(C2CCCCCCC2)=C1)C(C)CC(C)(C)NC(C)(C)CC. The van der Waals surface area contributed by atoms with Gasteiger partial charge in [0.2, 0.25) is 0 Å². The van der Waals surface area contributed by atoms with Gasteiger partial charge in [-0.2, -0.15) is 0 Å². The van der Waals surface area contributed by atoms with E-state index >= 15 is 0 Å². The summed E-state index contributed by atoms with van der Waals surface area (Å²) in [7, 11) is 0. The van der Waals surface area contributed by atoms with Crippen molar-refractivity contribution in [1.29, 1.82) is 0 Å². The van der Waals surface area contributed by atoms with Crippen LogP contribution in [0.5, 0.6) is 0 Å². The molecule has 3 nitrogen and oxygen atoms in total. The lowest BCUT2D eigenvalue weighted by Gasteiger charge is -2.40. The highest BCUT2D eigenvalue weighted by molar-refractivity contribution is 6.16. The van der Waals surface area contributed by atoms with Gasteiger partial charge in [0, 0.05) is 28.9 Å². The zero-order chi connectivity index (χ0) is 23.4. The van der Waals surface area contributed by atoms with E-state index in [2.05, 4.69) is 65.9 Å². The van der Waals surface area contributed by atoms with E-state index < -0.39 is 0 Å². The molecule has 1 N–H and O–H groups in total. The highest BCUT2D eigenvalue weighted by Crippen LogP contribution is 2.36. The number of allylic oxidation sites excluding steroid dienone is 1. The lowest BCUT2D eigenvalue weighted by Crippen LogP contribution is -2.52. The Morgan fingerprint density at radius 2 is 1.66 bits per heavy atom. The van der Waals surface area contributed by atoms with Gasteiger partial charge in [0.25, 0.3) is 0 Å². The maximum absolute atomic E-state index is 5.25. The molecule has 1 saturated carbocycles. The van der Waals surface area contributed by atoms with Crippen molar-refractivity contribution >= 4 is 11.4 Å². The van der Waals surface area contributed by atoms with Crippen LogP contribution in [0.25, 0.3) is 0 Å². The van der Waals surface area contributed by atoms with Crippen molar-refractivity contribution < 1.29 is 0 Å². The third-order valence-corrected chi connectivity index (χ3v) is 8.09. The first-order valence-corrected chi connectivity index (χ1v) is 13.5. The van der Waals surface area contributed by atoms with Gasteiger partial charge in [0.1, 0.15) is 6.04 Å². The van der Waals surface area contributed by atoms with Crippen LogP contribution in [0.15, 0.2) is 33.9 Å². The average Bonchev–Trinajstić information content (AvgIpc) is 3.15. The van der Waals surface area contributed by atoms with Gasteiger partial charge in [-0.05, 0) is 89.4 Å². The van der Waals surface area contributed by atoms with Gasteiger partial charge in [-0.3, -0.25) is 9.98 Å². The smallest absolute Gasteiger partial charge is 0.112 e. The molecule has 3 atom stereocenters. The minimum absolute atomic E-state index is 0.105. The Labute approximate surface area is 198 Å². The van der Waals surface area contributed by atoms with E-state index in [1.54, 1.807) is 0 Å². The standard InChI is InChI=1S/C29H49N3/c1-8-23(21(3)20-29(6,7)32-28(4,5)9-2)26-19-24(27-25(31-26)17-18-30-27)22-15-13-11-10-12-14-16-22/h17-19,21-23,25,32H,8-16,20H2,1-7H3. The first-order valence-electron chi connectivity index (χ1n) is 13.5. The molecule has 32 heavy (non-hydrogen) atoms. The third kappa shape index (κ3) is 6.43. The second-order valence-electron chi connectivity index (χ2n) is 11.9. The average molecular weight is 440 g/mol. The molecule has 0 amide bonds. The van der Waals surface area contributed by atoms with E-state index in [-0.39, 0.29) is 17.1 Å². The number of aliphatic imine (C=N–C) groups is 2.